The summed E-state index contributed by atoms with van der Waals surface area (Å²) in [7, 11) is 0. The molecule has 0 aliphatic heterocycles. The zero-order valence-electron chi connectivity index (χ0n) is 12.1. The van der Waals surface area contributed by atoms with Gasteiger partial charge in [0.2, 0.25) is 0 Å². The van der Waals surface area contributed by atoms with Crippen molar-refractivity contribution >= 4 is 15.9 Å². The van der Waals surface area contributed by atoms with Gasteiger partial charge in [0.05, 0.1) is 6.61 Å². The monoisotopic (exact) mass is 325 g/mol. The van der Waals surface area contributed by atoms with E-state index in [0.717, 1.165) is 35.8 Å². The Bertz CT molecular complexity index is 427. The summed E-state index contributed by atoms with van der Waals surface area (Å²) in [5, 5.41) is 3.57. The van der Waals surface area contributed by atoms with Gasteiger partial charge in [0.15, 0.2) is 0 Å². The molecule has 0 bridgehead atoms. The topological polar surface area (TPSA) is 21.3 Å². The zero-order valence-corrected chi connectivity index (χ0v) is 13.7. The van der Waals surface area contributed by atoms with Crippen molar-refractivity contribution in [2.45, 2.75) is 52.6 Å². The molecule has 106 valence electrons. The van der Waals surface area contributed by atoms with Gasteiger partial charge in [0.1, 0.15) is 5.75 Å². The highest BCUT2D eigenvalue weighted by molar-refractivity contribution is 9.10. The second-order valence-corrected chi connectivity index (χ2v) is 6.81. The van der Waals surface area contributed by atoms with Crippen LogP contribution in [0.3, 0.4) is 0 Å². The number of ether oxygens (including phenoxy) is 1. The van der Waals surface area contributed by atoms with Crippen molar-refractivity contribution in [2.75, 3.05) is 6.61 Å². The zero-order chi connectivity index (χ0) is 13.8. The van der Waals surface area contributed by atoms with E-state index in [1.165, 1.54) is 24.0 Å². The number of aryl methyl sites for hydroxylation is 1. The van der Waals surface area contributed by atoms with Crippen molar-refractivity contribution < 1.29 is 4.74 Å². The van der Waals surface area contributed by atoms with Crippen LogP contribution in [0.25, 0.3) is 0 Å². The maximum absolute atomic E-state index is 6.03. The number of hydrogen-bond acceptors (Lipinski definition) is 2. The van der Waals surface area contributed by atoms with E-state index in [-0.39, 0.29) is 0 Å². The van der Waals surface area contributed by atoms with Crippen LogP contribution in [0.5, 0.6) is 5.75 Å². The lowest BCUT2D eigenvalue weighted by Gasteiger charge is -2.16. The van der Waals surface area contributed by atoms with Gasteiger partial charge in [-0.3, -0.25) is 0 Å². The SMILES string of the molecule is Cc1cc(Br)cc(CNC2CC2)c1OCCC(C)C. The summed E-state index contributed by atoms with van der Waals surface area (Å²) >= 11 is 3.58. The van der Waals surface area contributed by atoms with Crippen LogP contribution in [-0.2, 0) is 6.54 Å². The molecule has 19 heavy (non-hydrogen) atoms. The number of hydrogen-bond donors (Lipinski definition) is 1. The van der Waals surface area contributed by atoms with Crippen molar-refractivity contribution in [1.29, 1.82) is 0 Å². The number of rotatable bonds is 7. The Labute approximate surface area is 125 Å². The van der Waals surface area contributed by atoms with Crippen LogP contribution in [0.15, 0.2) is 16.6 Å². The summed E-state index contributed by atoms with van der Waals surface area (Å²) in [4.78, 5) is 0. The third-order valence-electron chi connectivity index (χ3n) is 3.42. The molecule has 1 aromatic rings. The first-order chi connectivity index (χ1) is 9.06. The molecule has 0 amide bonds. The predicted molar refractivity (Wildman–Crippen MR) is 83.7 cm³/mol. The van der Waals surface area contributed by atoms with Crippen LogP contribution < -0.4 is 10.1 Å². The highest BCUT2D eigenvalue weighted by atomic mass is 79.9. The highest BCUT2D eigenvalue weighted by Crippen LogP contribution is 2.29. The molecular weight excluding hydrogens is 302 g/mol. The summed E-state index contributed by atoms with van der Waals surface area (Å²) in [6.07, 6.45) is 3.73. The third kappa shape index (κ3) is 4.81. The molecule has 0 atom stereocenters. The Kier molecular flexibility index (Phi) is 5.28. The molecule has 0 spiro atoms. The van der Waals surface area contributed by atoms with Crippen LogP contribution >= 0.6 is 15.9 Å². The summed E-state index contributed by atoms with van der Waals surface area (Å²) in [6.45, 7) is 8.29. The van der Waals surface area contributed by atoms with Gasteiger partial charge >= 0.3 is 0 Å². The molecule has 1 aromatic carbocycles. The van der Waals surface area contributed by atoms with E-state index in [1.807, 2.05) is 0 Å². The number of halogens is 1. The summed E-state index contributed by atoms with van der Waals surface area (Å²) in [5.74, 6) is 1.75. The fourth-order valence-corrected chi connectivity index (χ4v) is 2.70. The predicted octanol–water partition coefficient (Wildman–Crippen LogP) is 4.43. The van der Waals surface area contributed by atoms with E-state index < -0.39 is 0 Å². The lowest BCUT2D eigenvalue weighted by Crippen LogP contribution is -2.16. The number of nitrogens with one attached hydrogen (secondary N) is 1. The molecule has 1 aliphatic rings. The quantitative estimate of drug-likeness (QED) is 0.800. The first kappa shape index (κ1) is 14.9. The van der Waals surface area contributed by atoms with Gasteiger partial charge in [0, 0.05) is 22.6 Å². The molecule has 1 N–H and O–H groups in total. The summed E-state index contributed by atoms with van der Waals surface area (Å²) < 4.78 is 7.16. The Balaban J connectivity index is 2.03. The largest absolute Gasteiger partial charge is 0.493 e. The van der Waals surface area contributed by atoms with Crippen molar-refractivity contribution in [3.05, 3.63) is 27.7 Å². The molecule has 2 nitrogen and oxygen atoms in total. The average molecular weight is 326 g/mol. The van der Waals surface area contributed by atoms with E-state index in [1.54, 1.807) is 0 Å². The van der Waals surface area contributed by atoms with E-state index in [9.17, 15) is 0 Å². The molecule has 0 heterocycles. The van der Waals surface area contributed by atoms with Gasteiger partial charge in [-0.1, -0.05) is 29.8 Å². The van der Waals surface area contributed by atoms with Gasteiger partial charge in [-0.2, -0.15) is 0 Å². The second-order valence-electron chi connectivity index (χ2n) is 5.90. The first-order valence-electron chi connectivity index (χ1n) is 7.21. The molecule has 1 fully saturated rings. The van der Waals surface area contributed by atoms with Gasteiger partial charge in [-0.15, -0.1) is 0 Å². The minimum atomic E-state index is 0.684. The molecule has 0 aromatic heterocycles. The maximum atomic E-state index is 6.03. The lowest BCUT2D eigenvalue weighted by atomic mass is 10.1. The van der Waals surface area contributed by atoms with Crippen LogP contribution in [0.1, 0.15) is 44.2 Å². The van der Waals surface area contributed by atoms with Crippen molar-refractivity contribution in [1.82, 2.24) is 5.32 Å². The minimum absolute atomic E-state index is 0.684. The number of benzene rings is 1. The van der Waals surface area contributed by atoms with E-state index in [0.29, 0.717) is 5.92 Å². The fourth-order valence-electron chi connectivity index (χ4n) is 2.08. The minimum Gasteiger partial charge on any atom is -0.493 e. The Morgan fingerprint density at radius 3 is 2.74 bits per heavy atom. The molecule has 3 heteroatoms. The van der Waals surface area contributed by atoms with E-state index >= 15 is 0 Å². The van der Waals surface area contributed by atoms with Gasteiger partial charge in [0.25, 0.3) is 0 Å². The van der Waals surface area contributed by atoms with Crippen LogP contribution in [0.4, 0.5) is 0 Å². The van der Waals surface area contributed by atoms with E-state index in [2.05, 4.69) is 54.2 Å². The molecule has 0 radical (unpaired) electrons. The van der Waals surface area contributed by atoms with Gasteiger partial charge < -0.3 is 10.1 Å². The van der Waals surface area contributed by atoms with Crippen LogP contribution in [0.2, 0.25) is 0 Å². The molecule has 0 saturated heterocycles. The average Bonchev–Trinajstić information content (AvgIpc) is 3.12. The van der Waals surface area contributed by atoms with Gasteiger partial charge in [-0.05, 0) is 49.8 Å². The highest BCUT2D eigenvalue weighted by Gasteiger charge is 2.21. The maximum Gasteiger partial charge on any atom is 0.126 e. The fraction of sp³-hybridized carbons (Fsp3) is 0.625. The molecule has 0 unspecified atom stereocenters. The van der Waals surface area contributed by atoms with E-state index in [4.69, 9.17) is 4.74 Å². The van der Waals surface area contributed by atoms with Crippen molar-refractivity contribution in [2.24, 2.45) is 5.92 Å². The lowest BCUT2D eigenvalue weighted by molar-refractivity contribution is 0.284. The first-order valence-corrected chi connectivity index (χ1v) is 8.00. The Hall–Kier alpha value is -0.540. The standard InChI is InChI=1S/C16H24BrNO/c1-11(2)6-7-19-16-12(3)8-14(17)9-13(16)10-18-15-4-5-15/h8-9,11,15,18H,4-7,10H2,1-3H3. The van der Waals surface area contributed by atoms with Crippen LogP contribution in [-0.4, -0.2) is 12.6 Å². The smallest absolute Gasteiger partial charge is 0.126 e. The summed E-state index contributed by atoms with van der Waals surface area (Å²) in [6, 6.07) is 5.03. The summed E-state index contributed by atoms with van der Waals surface area (Å²) in [5.41, 5.74) is 2.48. The molecule has 1 aliphatic carbocycles. The molecular formula is C16H24BrNO. The Morgan fingerprint density at radius 2 is 2.11 bits per heavy atom. The molecule has 2 rings (SSSR count). The van der Waals surface area contributed by atoms with Gasteiger partial charge in [-0.25, -0.2) is 0 Å². The van der Waals surface area contributed by atoms with Crippen LogP contribution in [0, 0.1) is 12.8 Å². The third-order valence-corrected chi connectivity index (χ3v) is 3.87. The normalized spacial score (nSPS) is 15.0. The van der Waals surface area contributed by atoms with Crippen molar-refractivity contribution in [3.8, 4) is 5.75 Å². The Morgan fingerprint density at radius 1 is 1.37 bits per heavy atom. The van der Waals surface area contributed by atoms with Crippen molar-refractivity contribution in [3.63, 3.8) is 0 Å². The molecule has 1 saturated carbocycles. The second kappa shape index (κ2) is 6.76.